The van der Waals surface area contributed by atoms with E-state index in [1.165, 1.54) is 11.1 Å². The maximum Gasteiger partial charge on any atom is 0.223 e. The van der Waals surface area contributed by atoms with Gasteiger partial charge in [-0.15, -0.1) is 12.4 Å². The second-order valence-corrected chi connectivity index (χ2v) is 6.92. The lowest BCUT2D eigenvalue weighted by molar-refractivity contribution is -0.132. The maximum atomic E-state index is 12.6. The first kappa shape index (κ1) is 21.4. The number of nitrogens with one attached hydrogen (secondary N) is 1. The molecule has 0 radical (unpaired) electrons. The zero-order chi connectivity index (χ0) is 18.2. The topological polar surface area (TPSA) is 35.6 Å². The molecule has 0 aliphatic carbocycles. The Balaban J connectivity index is 0.00000261. The summed E-state index contributed by atoms with van der Waals surface area (Å²) >= 11 is 0. The average molecular weight is 388 g/mol. The van der Waals surface area contributed by atoms with Crippen LogP contribution in [-0.4, -0.2) is 48.4 Å². The standard InChI is InChI=1S/C22H29N3O.ClH/c1-19(21-10-6-3-7-11-21)25(18-20-8-4-2-5-9-20)15-12-22(26)24-16-13-23-14-17-24;/h2-11,19,23H,12-18H2,1H3;1H. The van der Waals surface area contributed by atoms with Gasteiger partial charge in [0.1, 0.15) is 0 Å². The Morgan fingerprint density at radius 3 is 2.26 bits per heavy atom. The number of hydrogen-bond acceptors (Lipinski definition) is 3. The van der Waals surface area contributed by atoms with E-state index in [-0.39, 0.29) is 24.4 Å². The van der Waals surface area contributed by atoms with Crippen molar-refractivity contribution in [3.8, 4) is 0 Å². The number of carbonyl (C=O) groups is 1. The lowest BCUT2D eigenvalue weighted by Gasteiger charge is -2.32. The monoisotopic (exact) mass is 387 g/mol. The van der Waals surface area contributed by atoms with Crippen LogP contribution in [0.2, 0.25) is 0 Å². The molecule has 3 rings (SSSR count). The van der Waals surface area contributed by atoms with Crippen molar-refractivity contribution < 1.29 is 4.79 Å². The largest absolute Gasteiger partial charge is 0.340 e. The van der Waals surface area contributed by atoms with Gasteiger partial charge in [-0.1, -0.05) is 60.7 Å². The molecule has 146 valence electrons. The summed E-state index contributed by atoms with van der Waals surface area (Å²) in [6.45, 7) is 7.31. The highest BCUT2D eigenvalue weighted by atomic mass is 35.5. The molecule has 1 aliphatic heterocycles. The van der Waals surface area contributed by atoms with Crippen LogP contribution in [0.25, 0.3) is 0 Å². The van der Waals surface area contributed by atoms with Gasteiger partial charge < -0.3 is 10.2 Å². The molecule has 1 aliphatic rings. The third-order valence-corrected chi connectivity index (χ3v) is 5.14. The molecule has 1 N–H and O–H groups in total. The molecule has 0 bridgehead atoms. The Morgan fingerprint density at radius 2 is 1.63 bits per heavy atom. The van der Waals surface area contributed by atoms with Gasteiger partial charge >= 0.3 is 0 Å². The highest BCUT2D eigenvalue weighted by Gasteiger charge is 2.20. The second kappa shape index (κ2) is 11.1. The first-order valence-electron chi connectivity index (χ1n) is 9.55. The molecule has 2 aromatic carbocycles. The van der Waals surface area contributed by atoms with E-state index < -0.39 is 0 Å². The Bertz CT molecular complexity index is 674. The smallest absolute Gasteiger partial charge is 0.223 e. The summed E-state index contributed by atoms with van der Waals surface area (Å²) < 4.78 is 0. The zero-order valence-electron chi connectivity index (χ0n) is 16.0. The lowest BCUT2D eigenvalue weighted by atomic mass is 10.1. The quantitative estimate of drug-likeness (QED) is 0.789. The highest BCUT2D eigenvalue weighted by Crippen LogP contribution is 2.22. The number of amides is 1. The van der Waals surface area contributed by atoms with Crippen molar-refractivity contribution >= 4 is 18.3 Å². The van der Waals surface area contributed by atoms with Crippen molar-refractivity contribution in [1.82, 2.24) is 15.1 Å². The van der Waals surface area contributed by atoms with Crippen LogP contribution in [0.3, 0.4) is 0 Å². The molecule has 0 saturated carbocycles. The van der Waals surface area contributed by atoms with Crippen molar-refractivity contribution in [1.29, 1.82) is 0 Å². The Morgan fingerprint density at radius 1 is 1.04 bits per heavy atom. The number of nitrogens with zero attached hydrogens (tertiary/aromatic N) is 2. The molecule has 1 amide bonds. The minimum absolute atomic E-state index is 0. The van der Waals surface area contributed by atoms with Crippen molar-refractivity contribution in [2.24, 2.45) is 0 Å². The number of piperazine rings is 1. The van der Waals surface area contributed by atoms with E-state index in [4.69, 9.17) is 0 Å². The third kappa shape index (κ3) is 6.35. The molecule has 1 heterocycles. The first-order valence-corrected chi connectivity index (χ1v) is 9.55. The minimum Gasteiger partial charge on any atom is -0.340 e. The van der Waals surface area contributed by atoms with E-state index in [2.05, 4.69) is 65.7 Å². The third-order valence-electron chi connectivity index (χ3n) is 5.14. The molecule has 1 unspecified atom stereocenters. The summed E-state index contributed by atoms with van der Waals surface area (Å²) in [5.41, 5.74) is 2.57. The molecule has 1 atom stereocenters. The molecule has 5 heteroatoms. The summed E-state index contributed by atoms with van der Waals surface area (Å²) in [6, 6.07) is 21.3. The summed E-state index contributed by atoms with van der Waals surface area (Å²) in [4.78, 5) is 17.0. The molecule has 1 fully saturated rings. The zero-order valence-corrected chi connectivity index (χ0v) is 16.8. The summed E-state index contributed by atoms with van der Waals surface area (Å²) in [5.74, 6) is 0.268. The molecule has 0 aromatic heterocycles. The minimum atomic E-state index is 0. The number of benzene rings is 2. The lowest BCUT2D eigenvalue weighted by Crippen LogP contribution is -2.47. The van der Waals surface area contributed by atoms with Crippen LogP contribution >= 0.6 is 12.4 Å². The average Bonchev–Trinajstić information content (AvgIpc) is 2.72. The molecule has 1 saturated heterocycles. The fraction of sp³-hybridized carbons (Fsp3) is 0.409. The van der Waals surface area contributed by atoms with Crippen LogP contribution in [0.5, 0.6) is 0 Å². The number of rotatable bonds is 7. The normalized spacial score (nSPS) is 15.3. The number of carbonyl (C=O) groups excluding carboxylic acids is 1. The van der Waals surface area contributed by atoms with Crippen LogP contribution in [0, 0.1) is 0 Å². The molecule has 4 nitrogen and oxygen atoms in total. The Hall–Kier alpha value is -1.88. The van der Waals surface area contributed by atoms with Crippen LogP contribution in [0.4, 0.5) is 0 Å². The van der Waals surface area contributed by atoms with E-state index in [0.29, 0.717) is 6.42 Å². The SMILES string of the molecule is CC(c1ccccc1)N(CCC(=O)N1CCNCC1)Cc1ccccc1.Cl. The fourth-order valence-corrected chi connectivity index (χ4v) is 3.48. The van der Waals surface area contributed by atoms with Crippen molar-refractivity contribution in [2.75, 3.05) is 32.7 Å². The summed E-state index contributed by atoms with van der Waals surface area (Å²) in [5, 5.41) is 3.30. The van der Waals surface area contributed by atoms with Gasteiger partial charge in [-0.05, 0) is 18.1 Å². The van der Waals surface area contributed by atoms with Crippen molar-refractivity contribution in [2.45, 2.75) is 25.9 Å². The van der Waals surface area contributed by atoms with E-state index in [9.17, 15) is 4.79 Å². The van der Waals surface area contributed by atoms with Gasteiger partial charge in [-0.25, -0.2) is 0 Å². The maximum absolute atomic E-state index is 12.6. The van der Waals surface area contributed by atoms with Gasteiger partial charge in [-0.3, -0.25) is 9.69 Å². The van der Waals surface area contributed by atoms with Crippen LogP contribution in [-0.2, 0) is 11.3 Å². The molecule has 0 spiro atoms. The van der Waals surface area contributed by atoms with E-state index in [1.807, 2.05) is 17.0 Å². The van der Waals surface area contributed by atoms with Gasteiger partial charge in [0.05, 0.1) is 0 Å². The highest BCUT2D eigenvalue weighted by molar-refractivity contribution is 5.85. The number of halogens is 1. The van der Waals surface area contributed by atoms with E-state index >= 15 is 0 Å². The van der Waals surface area contributed by atoms with Crippen molar-refractivity contribution in [3.63, 3.8) is 0 Å². The van der Waals surface area contributed by atoms with Gasteiger partial charge in [0.25, 0.3) is 0 Å². The van der Waals surface area contributed by atoms with E-state index in [1.54, 1.807) is 0 Å². The molecule has 27 heavy (non-hydrogen) atoms. The molecular weight excluding hydrogens is 358 g/mol. The first-order chi connectivity index (χ1) is 12.7. The van der Waals surface area contributed by atoms with Gasteiger partial charge in [0.15, 0.2) is 0 Å². The second-order valence-electron chi connectivity index (χ2n) is 6.92. The van der Waals surface area contributed by atoms with E-state index in [0.717, 1.165) is 39.3 Å². The van der Waals surface area contributed by atoms with Crippen LogP contribution < -0.4 is 5.32 Å². The molecule has 2 aromatic rings. The Kier molecular flexibility index (Phi) is 8.79. The van der Waals surface area contributed by atoms with Crippen molar-refractivity contribution in [3.05, 3.63) is 71.8 Å². The number of hydrogen-bond donors (Lipinski definition) is 1. The summed E-state index contributed by atoms with van der Waals surface area (Å²) in [7, 11) is 0. The van der Waals surface area contributed by atoms with Gasteiger partial charge in [0, 0.05) is 51.7 Å². The predicted octanol–water partition coefficient (Wildman–Crippen LogP) is 3.49. The van der Waals surface area contributed by atoms with Gasteiger partial charge in [0.2, 0.25) is 5.91 Å². The van der Waals surface area contributed by atoms with Crippen LogP contribution in [0.15, 0.2) is 60.7 Å². The van der Waals surface area contributed by atoms with Gasteiger partial charge in [-0.2, -0.15) is 0 Å². The predicted molar refractivity (Wildman–Crippen MR) is 113 cm³/mol. The molecular formula is C22H30ClN3O. The fourth-order valence-electron chi connectivity index (χ4n) is 3.48. The summed E-state index contributed by atoms with van der Waals surface area (Å²) in [6.07, 6.45) is 0.573. The Labute approximate surface area is 169 Å². The van der Waals surface area contributed by atoms with Crippen LogP contribution in [0.1, 0.15) is 30.5 Å².